The fourth-order valence-electron chi connectivity index (χ4n) is 3.54. The minimum atomic E-state index is -0.332. The number of rotatable bonds is 10. The van der Waals surface area contributed by atoms with Gasteiger partial charge in [-0.1, -0.05) is 12.1 Å². The van der Waals surface area contributed by atoms with Crippen LogP contribution in [0.1, 0.15) is 21.8 Å². The summed E-state index contributed by atoms with van der Waals surface area (Å²) in [6.45, 7) is 4.86. The van der Waals surface area contributed by atoms with Crippen LogP contribution in [0.25, 0.3) is 10.2 Å². The molecule has 1 fully saturated rings. The zero-order chi connectivity index (χ0) is 23.0. The van der Waals surface area contributed by atoms with Crippen molar-refractivity contribution in [3.05, 3.63) is 58.9 Å². The lowest BCUT2D eigenvalue weighted by Crippen LogP contribution is -2.38. The number of amides is 1. The first-order valence-electron chi connectivity index (χ1n) is 10.9. The molecule has 0 atom stereocenters. The van der Waals surface area contributed by atoms with Crippen molar-refractivity contribution in [2.24, 2.45) is 0 Å². The largest absolute Gasteiger partial charge is 0.486 e. The predicted octanol–water partition coefficient (Wildman–Crippen LogP) is 3.08. The molecule has 0 unspecified atom stereocenters. The molecule has 9 heteroatoms. The Kier molecular flexibility index (Phi) is 7.98. The number of carbonyl (C=O) groups excluding carboxylic acids is 2. The third-order valence-electron chi connectivity index (χ3n) is 5.31. The Balaban J connectivity index is 1.25. The van der Waals surface area contributed by atoms with Gasteiger partial charge in [0.2, 0.25) is 0 Å². The number of thiazole rings is 1. The number of hydrogen-bond donors (Lipinski definition) is 1. The molecule has 2 heterocycles. The number of morpholine rings is 1. The first-order valence-corrected chi connectivity index (χ1v) is 11.8. The lowest BCUT2D eigenvalue weighted by molar-refractivity contribution is -0.120. The molecule has 1 aliphatic rings. The standard InChI is InChI=1S/C24H26FN3O4S/c25-18-4-2-17(3-5-18)14-19(29)16-32-20-6-7-21-22(15-20)33-24(27-21)23(30)26-8-1-9-28-10-12-31-13-11-28/h2-7,15H,1,8-14,16H2,(H,26,30). The summed E-state index contributed by atoms with van der Waals surface area (Å²) >= 11 is 1.29. The summed E-state index contributed by atoms with van der Waals surface area (Å²) in [4.78, 5) is 31.4. The van der Waals surface area contributed by atoms with E-state index in [9.17, 15) is 14.0 Å². The highest BCUT2D eigenvalue weighted by molar-refractivity contribution is 7.20. The van der Waals surface area contributed by atoms with E-state index in [1.165, 1.54) is 23.5 Å². The second-order valence-corrected chi connectivity index (χ2v) is 8.87. The molecular formula is C24H26FN3O4S. The number of nitrogens with one attached hydrogen (secondary N) is 1. The lowest BCUT2D eigenvalue weighted by atomic mass is 10.1. The molecule has 0 bridgehead atoms. The Hall–Kier alpha value is -2.88. The maximum absolute atomic E-state index is 13.0. The Morgan fingerprint density at radius 1 is 1.15 bits per heavy atom. The number of fused-ring (bicyclic) bond motifs is 1. The lowest BCUT2D eigenvalue weighted by Gasteiger charge is -2.26. The average molecular weight is 472 g/mol. The summed E-state index contributed by atoms with van der Waals surface area (Å²) in [7, 11) is 0. The molecule has 0 saturated carbocycles. The molecule has 0 aliphatic carbocycles. The van der Waals surface area contributed by atoms with Crippen molar-refractivity contribution < 1.29 is 23.5 Å². The van der Waals surface area contributed by atoms with Crippen molar-refractivity contribution in [1.29, 1.82) is 0 Å². The van der Waals surface area contributed by atoms with Crippen molar-refractivity contribution in [1.82, 2.24) is 15.2 Å². The van der Waals surface area contributed by atoms with Gasteiger partial charge in [0.05, 0.1) is 23.4 Å². The molecule has 1 saturated heterocycles. The van der Waals surface area contributed by atoms with Crippen LogP contribution in [-0.4, -0.2) is 67.6 Å². The van der Waals surface area contributed by atoms with Gasteiger partial charge in [-0.05, 0) is 48.9 Å². The number of Topliss-reactive ketones (excluding diaryl/α,β-unsaturated/α-hetero) is 1. The van der Waals surface area contributed by atoms with E-state index >= 15 is 0 Å². The molecule has 0 radical (unpaired) electrons. The molecule has 0 spiro atoms. The third kappa shape index (κ3) is 6.80. The van der Waals surface area contributed by atoms with E-state index in [0.717, 1.165) is 49.5 Å². The van der Waals surface area contributed by atoms with E-state index in [4.69, 9.17) is 9.47 Å². The van der Waals surface area contributed by atoms with Crippen molar-refractivity contribution in [3.8, 4) is 5.75 Å². The van der Waals surface area contributed by atoms with Gasteiger partial charge in [-0.25, -0.2) is 9.37 Å². The maximum atomic E-state index is 13.0. The molecular weight excluding hydrogens is 445 g/mol. The van der Waals surface area contributed by atoms with Gasteiger partial charge in [0, 0.05) is 26.1 Å². The smallest absolute Gasteiger partial charge is 0.280 e. The molecule has 174 valence electrons. The van der Waals surface area contributed by atoms with Crippen LogP contribution in [0, 0.1) is 5.82 Å². The van der Waals surface area contributed by atoms with Crippen molar-refractivity contribution >= 4 is 33.2 Å². The molecule has 2 aromatic carbocycles. The summed E-state index contributed by atoms with van der Waals surface area (Å²) < 4.78 is 24.8. The second kappa shape index (κ2) is 11.3. The van der Waals surface area contributed by atoms with Gasteiger partial charge in [-0.3, -0.25) is 14.5 Å². The summed E-state index contributed by atoms with van der Waals surface area (Å²) in [5.74, 6) is -0.0873. The van der Waals surface area contributed by atoms with E-state index in [1.807, 2.05) is 0 Å². The summed E-state index contributed by atoms with van der Waals surface area (Å²) in [5, 5.41) is 3.34. The van der Waals surface area contributed by atoms with Crippen LogP contribution in [0.2, 0.25) is 0 Å². The summed E-state index contributed by atoms with van der Waals surface area (Å²) in [6.07, 6.45) is 1.06. The molecule has 3 aromatic rings. The predicted molar refractivity (Wildman–Crippen MR) is 124 cm³/mol. The first-order chi connectivity index (χ1) is 16.1. The van der Waals surface area contributed by atoms with Gasteiger partial charge in [0.1, 0.15) is 18.2 Å². The highest BCUT2D eigenvalue weighted by Crippen LogP contribution is 2.26. The van der Waals surface area contributed by atoms with Gasteiger partial charge >= 0.3 is 0 Å². The molecule has 1 aromatic heterocycles. The van der Waals surface area contributed by atoms with Crippen LogP contribution in [0.15, 0.2) is 42.5 Å². The second-order valence-electron chi connectivity index (χ2n) is 7.84. The van der Waals surface area contributed by atoms with Gasteiger partial charge in [0.25, 0.3) is 5.91 Å². The quantitative estimate of drug-likeness (QED) is 0.458. The zero-order valence-corrected chi connectivity index (χ0v) is 19.0. The molecule has 4 rings (SSSR count). The number of benzene rings is 2. The number of hydrogen-bond acceptors (Lipinski definition) is 7. The SMILES string of the molecule is O=C(COc1ccc2nc(C(=O)NCCCN3CCOCC3)sc2c1)Cc1ccc(F)cc1. The van der Waals surface area contributed by atoms with Crippen LogP contribution in [0.4, 0.5) is 4.39 Å². The number of ketones is 1. The monoisotopic (exact) mass is 471 g/mol. The van der Waals surface area contributed by atoms with Gasteiger partial charge in [0.15, 0.2) is 10.8 Å². The maximum Gasteiger partial charge on any atom is 0.280 e. The molecule has 7 nitrogen and oxygen atoms in total. The van der Waals surface area contributed by atoms with E-state index in [1.54, 1.807) is 30.3 Å². The Morgan fingerprint density at radius 2 is 1.94 bits per heavy atom. The van der Waals surface area contributed by atoms with Crippen LogP contribution in [0.5, 0.6) is 5.75 Å². The van der Waals surface area contributed by atoms with Crippen molar-refractivity contribution in [2.75, 3.05) is 46.0 Å². The Morgan fingerprint density at radius 3 is 2.73 bits per heavy atom. The molecule has 1 N–H and O–H groups in total. The number of carbonyl (C=O) groups is 2. The normalized spacial score (nSPS) is 14.3. The van der Waals surface area contributed by atoms with Gasteiger partial charge < -0.3 is 14.8 Å². The van der Waals surface area contributed by atoms with Crippen LogP contribution in [0.3, 0.4) is 0 Å². The number of aromatic nitrogens is 1. The number of nitrogens with zero attached hydrogens (tertiary/aromatic N) is 2. The van der Waals surface area contributed by atoms with E-state index in [-0.39, 0.29) is 30.5 Å². The minimum absolute atomic E-state index is 0.0851. The Labute approximate surface area is 195 Å². The molecule has 1 amide bonds. The highest BCUT2D eigenvalue weighted by atomic mass is 32.1. The van der Waals surface area contributed by atoms with E-state index < -0.39 is 0 Å². The Bertz CT molecular complexity index is 1100. The van der Waals surface area contributed by atoms with Gasteiger partial charge in [-0.15, -0.1) is 11.3 Å². The summed E-state index contributed by atoms with van der Waals surface area (Å²) in [6, 6.07) is 11.1. The average Bonchev–Trinajstić information content (AvgIpc) is 3.26. The van der Waals surface area contributed by atoms with E-state index in [0.29, 0.717) is 22.8 Å². The summed E-state index contributed by atoms with van der Waals surface area (Å²) in [5.41, 5.74) is 1.45. The fourth-order valence-corrected chi connectivity index (χ4v) is 4.45. The first kappa shape index (κ1) is 23.3. The number of ether oxygens (including phenoxy) is 2. The fraction of sp³-hybridized carbons (Fsp3) is 0.375. The molecule has 33 heavy (non-hydrogen) atoms. The molecule has 1 aliphatic heterocycles. The zero-order valence-electron chi connectivity index (χ0n) is 18.2. The topological polar surface area (TPSA) is 80.8 Å². The van der Waals surface area contributed by atoms with Crippen LogP contribution >= 0.6 is 11.3 Å². The van der Waals surface area contributed by atoms with Crippen molar-refractivity contribution in [2.45, 2.75) is 12.8 Å². The van der Waals surface area contributed by atoms with Crippen molar-refractivity contribution in [3.63, 3.8) is 0 Å². The van der Waals surface area contributed by atoms with Crippen LogP contribution in [-0.2, 0) is 16.0 Å². The highest BCUT2D eigenvalue weighted by Gasteiger charge is 2.14. The van der Waals surface area contributed by atoms with Crippen LogP contribution < -0.4 is 10.1 Å². The van der Waals surface area contributed by atoms with E-state index in [2.05, 4.69) is 15.2 Å². The van der Waals surface area contributed by atoms with Gasteiger partial charge in [-0.2, -0.15) is 0 Å². The minimum Gasteiger partial charge on any atom is -0.486 e. The number of halogens is 1. The third-order valence-corrected chi connectivity index (χ3v) is 6.33.